The van der Waals surface area contributed by atoms with Gasteiger partial charge in [-0.15, -0.1) is 0 Å². The third kappa shape index (κ3) is 3.91. The number of aryl methyl sites for hydroxylation is 1. The first kappa shape index (κ1) is 20.0. The molecule has 0 atom stereocenters. The molecule has 0 unspecified atom stereocenters. The molecule has 3 heterocycles. The van der Waals surface area contributed by atoms with E-state index in [1.165, 1.54) is 16.7 Å². The number of nitrogens with one attached hydrogen (secondary N) is 1. The highest BCUT2D eigenvalue weighted by Gasteiger charge is 2.27. The van der Waals surface area contributed by atoms with Crippen LogP contribution in [0.1, 0.15) is 46.1 Å². The number of phenols is 1. The molecule has 3 aromatic rings. The van der Waals surface area contributed by atoms with Gasteiger partial charge in [-0.05, 0) is 29.2 Å². The van der Waals surface area contributed by atoms with Crippen LogP contribution < -0.4 is 0 Å². The molecule has 0 saturated carbocycles. The molecule has 0 radical (unpaired) electrons. The Morgan fingerprint density at radius 3 is 2.77 bits per heavy atom. The number of H-pyrrole nitrogens is 1. The zero-order valence-electron chi connectivity index (χ0n) is 17.9. The summed E-state index contributed by atoms with van der Waals surface area (Å²) in [5, 5.41) is 18.7. The molecule has 1 amide bonds. The highest BCUT2D eigenvalue weighted by molar-refractivity contribution is 6.01. The number of aromatic nitrogens is 2. The average Bonchev–Trinajstić information content (AvgIpc) is 3.37. The summed E-state index contributed by atoms with van der Waals surface area (Å²) in [5.41, 5.74) is 5.66. The van der Waals surface area contributed by atoms with E-state index >= 15 is 0 Å². The number of nitrogens with zero attached hydrogens (tertiary/aromatic N) is 3. The average molecular weight is 421 g/mol. The van der Waals surface area contributed by atoms with Crippen molar-refractivity contribution >= 4 is 16.8 Å². The predicted molar refractivity (Wildman–Crippen MR) is 118 cm³/mol. The summed E-state index contributed by atoms with van der Waals surface area (Å²) in [4.78, 5) is 17.5. The number of aromatic amines is 1. The summed E-state index contributed by atoms with van der Waals surface area (Å²) in [5.74, 6) is -0.162. The van der Waals surface area contributed by atoms with Crippen LogP contribution in [0.15, 0.2) is 30.3 Å². The van der Waals surface area contributed by atoms with E-state index in [0.717, 1.165) is 56.8 Å². The number of ether oxygens (including phenoxy) is 1. The van der Waals surface area contributed by atoms with Gasteiger partial charge in [-0.25, -0.2) is 0 Å². The number of phenolic OH excluding ortho intramolecular Hbond substituents is 1. The Morgan fingerprint density at radius 1 is 1.16 bits per heavy atom. The number of rotatable bonds is 5. The number of carbonyl (C=O) groups excluding carboxylic acids is 1. The summed E-state index contributed by atoms with van der Waals surface area (Å²) >= 11 is 0. The van der Waals surface area contributed by atoms with Gasteiger partial charge >= 0.3 is 0 Å². The number of hydrogen-bond donors (Lipinski definition) is 2. The fourth-order valence-corrected chi connectivity index (χ4v) is 4.59. The summed E-state index contributed by atoms with van der Waals surface area (Å²) in [6, 6.07) is 9.89. The molecule has 0 spiro atoms. The van der Waals surface area contributed by atoms with Gasteiger partial charge < -0.3 is 14.7 Å². The van der Waals surface area contributed by atoms with Crippen LogP contribution in [0.2, 0.25) is 0 Å². The van der Waals surface area contributed by atoms with Crippen molar-refractivity contribution in [3.8, 4) is 5.75 Å². The predicted octanol–water partition coefficient (Wildman–Crippen LogP) is 3.21. The van der Waals surface area contributed by atoms with Crippen molar-refractivity contribution in [2.75, 3.05) is 26.3 Å². The van der Waals surface area contributed by atoms with Crippen LogP contribution in [0.4, 0.5) is 0 Å². The second kappa shape index (κ2) is 8.32. The first-order valence-corrected chi connectivity index (χ1v) is 11.0. The van der Waals surface area contributed by atoms with Gasteiger partial charge in [0.25, 0.3) is 5.91 Å². The van der Waals surface area contributed by atoms with Crippen LogP contribution in [-0.2, 0) is 30.8 Å². The second-order valence-electron chi connectivity index (χ2n) is 8.49. The van der Waals surface area contributed by atoms with Crippen LogP contribution in [-0.4, -0.2) is 57.3 Å². The number of carbonyl (C=O) groups is 1. The Kier molecular flexibility index (Phi) is 5.38. The first-order valence-electron chi connectivity index (χ1n) is 11.0. The second-order valence-corrected chi connectivity index (χ2v) is 8.49. The lowest BCUT2D eigenvalue weighted by atomic mass is 10.1. The Morgan fingerprint density at radius 2 is 1.97 bits per heavy atom. The standard InChI is InChI=1S/C24H28N4O3/c1-2-3-21-19-11-20(23(29)12-22(19)26-25-21)24(30)28-14-17-5-4-16(10-18(17)15-28)13-27-6-8-31-9-7-27/h4-5,10-12,29H,2-3,6-9,13-15H2,1H3,(H,25,26). The molecule has 1 aromatic heterocycles. The largest absolute Gasteiger partial charge is 0.507 e. The van der Waals surface area contributed by atoms with Gasteiger partial charge in [-0.2, -0.15) is 5.10 Å². The molecule has 0 bridgehead atoms. The highest BCUT2D eigenvalue weighted by atomic mass is 16.5. The molecule has 1 saturated heterocycles. The summed E-state index contributed by atoms with van der Waals surface area (Å²) in [6.45, 7) is 7.63. The van der Waals surface area contributed by atoms with Crippen LogP contribution in [0, 0.1) is 0 Å². The molecule has 2 N–H and O–H groups in total. The van der Waals surface area contributed by atoms with Crippen molar-refractivity contribution in [2.24, 2.45) is 0 Å². The molecule has 162 valence electrons. The van der Waals surface area contributed by atoms with E-state index in [9.17, 15) is 9.90 Å². The third-order valence-corrected chi connectivity index (χ3v) is 6.27. The van der Waals surface area contributed by atoms with Crippen molar-refractivity contribution in [1.82, 2.24) is 20.0 Å². The van der Waals surface area contributed by atoms with Gasteiger partial charge in [0.15, 0.2) is 0 Å². The Hall–Kier alpha value is -2.90. The summed E-state index contributed by atoms with van der Waals surface area (Å²) in [7, 11) is 0. The van der Waals surface area contributed by atoms with E-state index in [1.807, 2.05) is 4.90 Å². The van der Waals surface area contributed by atoms with Crippen LogP contribution in [0.5, 0.6) is 5.75 Å². The number of benzene rings is 2. The lowest BCUT2D eigenvalue weighted by molar-refractivity contribution is 0.0342. The summed E-state index contributed by atoms with van der Waals surface area (Å²) < 4.78 is 5.43. The normalized spacial score (nSPS) is 16.7. The van der Waals surface area contributed by atoms with Gasteiger partial charge in [0, 0.05) is 49.9 Å². The molecule has 2 aliphatic heterocycles. The number of aromatic hydroxyl groups is 1. The zero-order valence-corrected chi connectivity index (χ0v) is 17.9. The molecule has 2 aromatic carbocycles. The van der Waals surface area contributed by atoms with Crippen molar-refractivity contribution < 1.29 is 14.6 Å². The van der Waals surface area contributed by atoms with E-state index in [1.54, 1.807) is 12.1 Å². The third-order valence-electron chi connectivity index (χ3n) is 6.27. The van der Waals surface area contributed by atoms with Crippen molar-refractivity contribution in [1.29, 1.82) is 0 Å². The summed E-state index contributed by atoms with van der Waals surface area (Å²) in [6.07, 6.45) is 1.84. The molecule has 1 fully saturated rings. The van der Waals surface area contributed by atoms with Gasteiger partial charge in [0.1, 0.15) is 5.75 Å². The fourth-order valence-electron chi connectivity index (χ4n) is 4.59. The maximum absolute atomic E-state index is 13.3. The van der Waals surface area contributed by atoms with Crippen molar-refractivity contribution in [3.05, 3.63) is 58.3 Å². The van der Waals surface area contributed by atoms with Crippen LogP contribution in [0.3, 0.4) is 0 Å². The lowest BCUT2D eigenvalue weighted by Crippen LogP contribution is -2.35. The van der Waals surface area contributed by atoms with Gasteiger partial charge in [0.2, 0.25) is 0 Å². The van der Waals surface area contributed by atoms with Crippen LogP contribution >= 0.6 is 0 Å². The molecule has 2 aliphatic rings. The first-order chi connectivity index (χ1) is 15.1. The molecular formula is C24H28N4O3. The Labute approximate surface area is 181 Å². The quantitative estimate of drug-likeness (QED) is 0.662. The number of morpholine rings is 1. The topological polar surface area (TPSA) is 81.7 Å². The monoisotopic (exact) mass is 420 g/mol. The van der Waals surface area contributed by atoms with Crippen LogP contribution in [0.25, 0.3) is 10.9 Å². The molecule has 0 aliphatic carbocycles. The maximum atomic E-state index is 13.3. The minimum atomic E-state index is -0.144. The highest BCUT2D eigenvalue weighted by Crippen LogP contribution is 2.31. The number of fused-ring (bicyclic) bond motifs is 2. The van der Waals surface area contributed by atoms with E-state index < -0.39 is 0 Å². The minimum absolute atomic E-state index is 0.0176. The molecule has 7 heteroatoms. The molecule has 7 nitrogen and oxygen atoms in total. The van der Waals surface area contributed by atoms with Gasteiger partial charge in [-0.1, -0.05) is 31.5 Å². The van der Waals surface area contributed by atoms with E-state index in [0.29, 0.717) is 24.2 Å². The maximum Gasteiger partial charge on any atom is 0.258 e. The number of hydrogen-bond acceptors (Lipinski definition) is 5. The Bertz CT molecular complexity index is 1120. The van der Waals surface area contributed by atoms with E-state index in [-0.39, 0.29) is 11.7 Å². The van der Waals surface area contributed by atoms with Gasteiger partial charge in [0.05, 0.1) is 24.3 Å². The smallest absolute Gasteiger partial charge is 0.258 e. The fraction of sp³-hybridized carbons (Fsp3) is 0.417. The molecule has 5 rings (SSSR count). The van der Waals surface area contributed by atoms with Gasteiger partial charge in [-0.3, -0.25) is 14.8 Å². The number of amides is 1. The van der Waals surface area contributed by atoms with Crippen molar-refractivity contribution in [3.63, 3.8) is 0 Å². The van der Waals surface area contributed by atoms with Crippen molar-refractivity contribution in [2.45, 2.75) is 39.4 Å². The molecule has 31 heavy (non-hydrogen) atoms. The SMILES string of the molecule is CCCc1[nH]nc2cc(O)c(C(=O)N3Cc4ccc(CN5CCOCC5)cc4C3)cc12. The Balaban J connectivity index is 1.35. The zero-order chi connectivity index (χ0) is 21.4. The lowest BCUT2D eigenvalue weighted by Gasteiger charge is -2.26. The molecular weight excluding hydrogens is 392 g/mol. The van der Waals surface area contributed by atoms with E-state index in [4.69, 9.17) is 4.74 Å². The minimum Gasteiger partial charge on any atom is -0.507 e. The van der Waals surface area contributed by atoms with E-state index in [2.05, 4.69) is 40.2 Å².